The zero-order valence-electron chi connectivity index (χ0n) is 19.8. The molecule has 1 aliphatic rings. The van der Waals surface area contributed by atoms with Crippen LogP contribution in [0.25, 0.3) is 10.9 Å². The van der Waals surface area contributed by atoms with Crippen LogP contribution in [0.3, 0.4) is 0 Å². The number of benzene rings is 2. The van der Waals surface area contributed by atoms with Gasteiger partial charge in [0.25, 0.3) is 0 Å². The number of ether oxygens (including phenoxy) is 3. The van der Waals surface area contributed by atoms with Crippen molar-refractivity contribution < 1.29 is 19.0 Å². The van der Waals surface area contributed by atoms with Crippen molar-refractivity contribution in [2.75, 3.05) is 27.3 Å². The monoisotopic (exact) mass is 451 g/mol. The average molecular weight is 452 g/mol. The number of nitrogens with zero attached hydrogens (tertiary/aromatic N) is 2. The molecule has 4 rings (SSSR count). The lowest BCUT2D eigenvalue weighted by molar-refractivity contribution is 0.151. The van der Waals surface area contributed by atoms with E-state index in [2.05, 4.69) is 24.1 Å². The van der Waals surface area contributed by atoms with E-state index in [1.54, 1.807) is 14.2 Å². The van der Waals surface area contributed by atoms with Crippen molar-refractivity contribution in [1.82, 2.24) is 14.8 Å². The Morgan fingerprint density at radius 2 is 1.82 bits per heavy atom. The molecule has 1 aromatic heterocycles. The molecule has 0 radical (unpaired) electrons. The predicted molar refractivity (Wildman–Crippen MR) is 129 cm³/mol. The van der Waals surface area contributed by atoms with Crippen LogP contribution in [-0.4, -0.2) is 55.0 Å². The van der Waals surface area contributed by atoms with Gasteiger partial charge >= 0.3 is 6.09 Å². The predicted octanol–water partition coefficient (Wildman–Crippen LogP) is 4.67. The van der Waals surface area contributed by atoms with Crippen LogP contribution in [0.5, 0.6) is 17.4 Å². The molecule has 0 atom stereocenters. The Balaban J connectivity index is 1.56. The number of carbonyl (C=O) groups excluding carboxylic acids is 1. The first-order valence-corrected chi connectivity index (χ1v) is 11.5. The van der Waals surface area contributed by atoms with Gasteiger partial charge in [-0.05, 0) is 56.5 Å². The molecule has 0 saturated carbocycles. The van der Waals surface area contributed by atoms with Gasteiger partial charge in [0.1, 0.15) is 11.5 Å². The van der Waals surface area contributed by atoms with Gasteiger partial charge in [0.05, 0.1) is 26.3 Å². The van der Waals surface area contributed by atoms with Crippen molar-refractivity contribution in [2.45, 2.75) is 45.3 Å². The summed E-state index contributed by atoms with van der Waals surface area (Å²) >= 11 is 0. The molecular formula is C26H33N3O4. The number of hydrogen-bond donors (Lipinski definition) is 1. The van der Waals surface area contributed by atoms with E-state index in [4.69, 9.17) is 14.2 Å². The Bertz CT molecular complexity index is 1100. The van der Waals surface area contributed by atoms with Gasteiger partial charge in [-0.2, -0.15) is 0 Å². The lowest BCUT2D eigenvalue weighted by Crippen LogP contribution is -2.47. The van der Waals surface area contributed by atoms with E-state index >= 15 is 0 Å². The minimum atomic E-state index is -0.424. The van der Waals surface area contributed by atoms with Crippen molar-refractivity contribution >= 4 is 17.0 Å². The van der Waals surface area contributed by atoms with E-state index in [1.165, 1.54) is 0 Å². The highest BCUT2D eigenvalue weighted by Crippen LogP contribution is 2.33. The highest BCUT2D eigenvalue weighted by atomic mass is 16.6. The van der Waals surface area contributed by atoms with Crippen LogP contribution >= 0.6 is 0 Å². The van der Waals surface area contributed by atoms with Gasteiger partial charge in [0.15, 0.2) is 0 Å². The number of hydrogen-bond acceptors (Lipinski definition) is 5. The normalized spacial score (nSPS) is 15.1. The highest BCUT2D eigenvalue weighted by molar-refractivity contribution is 5.89. The SMILES string of the molecule is COc1cccc(Cn2c(OC(=O)NC3CCN(C(C)C)CC3)cc3c(OC)cccc32)c1. The summed E-state index contributed by atoms with van der Waals surface area (Å²) in [5, 5.41) is 3.96. The van der Waals surface area contributed by atoms with Gasteiger partial charge < -0.3 is 29.0 Å². The number of methoxy groups -OCH3 is 2. The van der Waals surface area contributed by atoms with Gasteiger partial charge in [-0.1, -0.05) is 18.2 Å². The Morgan fingerprint density at radius 3 is 2.52 bits per heavy atom. The van der Waals surface area contributed by atoms with E-state index in [9.17, 15) is 4.79 Å². The second kappa shape index (κ2) is 10.2. The summed E-state index contributed by atoms with van der Waals surface area (Å²) in [6, 6.07) is 16.3. The number of rotatable bonds is 7. The van der Waals surface area contributed by atoms with Crippen LogP contribution in [0, 0.1) is 0 Å². The lowest BCUT2D eigenvalue weighted by Gasteiger charge is -2.34. The summed E-state index contributed by atoms with van der Waals surface area (Å²) in [7, 11) is 3.30. The van der Waals surface area contributed by atoms with Crippen molar-refractivity contribution in [3.8, 4) is 17.4 Å². The summed E-state index contributed by atoms with van der Waals surface area (Å²) < 4.78 is 18.8. The maximum atomic E-state index is 12.8. The second-order valence-electron chi connectivity index (χ2n) is 8.75. The van der Waals surface area contributed by atoms with Crippen LogP contribution in [0.15, 0.2) is 48.5 Å². The van der Waals surface area contributed by atoms with Crippen LogP contribution in [-0.2, 0) is 6.54 Å². The van der Waals surface area contributed by atoms with Crippen LogP contribution in [0.2, 0.25) is 0 Å². The number of likely N-dealkylation sites (tertiary alicyclic amines) is 1. The quantitative estimate of drug-likeness (QED) is 0.566. The minimum absolute atomic E-state index is 0.123. The Kier molecular flexibility index (Phi) is 7.08. The molecule has 0 bridgehead atoms. The topological polar surface area (TPSA) is 65.0 Å². The van der Waals surface area contributed by atoms with E-state index in [1.807, 2.05) is 53.1 Å². The number of nitrogens with one attached hydrogen (secondary N) is 1. The molecule has 1 saturated heterocycles. The maximum Gasteiger partial charge on any atom is 0.414 e. The molecule has 0 spiro atoms. The molecule has 2 heterocycles. The molecule has 33 heavy (non-hydrogen) atoms. The molecule has 1 aliphatic heterocycles. The first-order valence-electron chi connectivity index (χ1n) is 11.5. The number of piperidine rings is 1. The molecule has 7 nitrogen and oxygen atoms in total. The maximum absolute atomic E-state index is 12.8. The third kappa shape index (κ3) is 5.25. The van der Waals surface area contributed by atoms with Crippen molar-refractivity contribution in [3.63, 3.8) is 0 Å². The first-order chi connectivity index (χ1) is 16.0. The summed E-state index contributed by atoms with van der Waals surface area (Å²) in [5.41, 5.74) is 1.98. The van der Waals surface area contributed by atoms with E-state index in [0.717, 1.165) is 53.9 Å². The highest BCUT2D eigenvalue weighted by Gasteiger charge is 2.24. The summed E-state index contributed by atoms with van der Waals surface area (Å²) in [6.45, 7) is 6.91. The molecule has 0 unspecified atom stereocenters. The Morgan fingerprint density at radius 1 is 1.06 bits per heavy atom. The number of amides is 1. The molecule has 3 aromatic rings. The molecule has 176 valence electrons. The number of fused-ring (bicyclic) bond motifs is 1. The third-order valence-corrected chi connectivity index (χ3v) is 6.34. The van der Waals surface area contributed by atoms with E-state index < -0.39 is 6.09 Å². The minimum Gasteiger partial charge on any atom is -0.497 e. The zero-order chi connectivity index (χ0) is 23.4. The van der Waals surface area contributed by atoms with Crippen molar-refractivity contribution in [3.05, 3.63) is 54.1 Å². The fourth-order valence-corrected chi connectivity index (χ4v) is 4.46. The standard InChI is InChI=1S/C26H33N3O4/c1-18(2)28-13-11-20(12-14-28)27-26(30)33-25-16-22-23(9-6-10-24(22)32-4)29(25)17-19-7-5-8-21(15-19)31-3/h5-10,15-16,18,20H,11-14,17H2,1-4H3,(H,27,30). The smallest absolute Gasteiger partial charge is 0.414 e. The van der Waals surface area contributed by atoms with Crippen molar-refractivity contribution in [2.24, 2.45) is 0 Å². The molecule has 1 amide bonds. The largest absolute Gasteiger partial charge is 0.497 e. The average Bonchev–Trinajstić information content (AvgIpc) is 3.16. The fraction of sp³-hybridized carbons (Fsp3) is 0.423. The molecular weight excluding hydrogens is 418 g/mol. The van der Waals surface area contributed by atoms with Gasteiger partial charge in [0.2, 0.25) is 5.88 Å². The van der Waals surface area contributed by atoms with E-state index in [-0.39, 0.29) is 6.04 Å². The van der Waals surface area contributed by atoms with Crippen molar-refractivity contribution in [1.29, 1.82) is 0 Å². The third-order valence-electron chi connectivity index (χ3n) is 6.34. The second-order valence-corrected chi connectivity index (χ2v) is 8.75. The summed E-state index contributed by atoms with van der Waals surface area (Å²) in [5.74, 6) is 2.01. The molecule has 2 aromatic carbocycles. The van der Waals surface area contributed by atoms with Crippen LogP contribution in [0.4, 0.5) is 4.79 Å². The molecule has 1 N–H and O–H groups in total. The lowest BCUT2D eigenvalue weighted by atomic mass is 10.0. The summed E-state index contributed by atoms with van der Waals surface area (Å²) in [4.78, 5) is 15.3. The first kappa shape index (κ1) is 23.0. The van der Waals surface area contributed by atoms with Gasteiger partial charge in [-0.3, -0.25) is 0 Å². The zero-order valence-corrected chi connectivity index (χ0v) is 19.8. The summed E-state index contributed by atoms with van der Waals surface area (Å²) in [6.07, 6.45) is 1.42. The Labute approximate surface area is 195 Å². The van der Waals surface area contributed by atoms with Gasteiger partial charge in [0, 0.05) is 36.6 Å². The molecule has 1 fully saturated rings. The molecule has 7 heteroatoms. The molecule has 0 aliphatic carbocycles. The van der Waals surface area contributed by atoms with E-state index in [0.29, 0.717) is 18.5 Å². The van der Waals surface area contributed by atoms with Crippen LogP contribution in [0.1, 0.15) is 32.3 Å². The van der Waals surface area contributed by atoms with Gasteiger partial charge in [-0.25, -0.2) is 4.79 Å². The number of carbonyl (C=O) groups is 1. The fourth-order valence-electron chi connectivity index (χ4n) is 4.46. The van der Waals surface area contributed by atoms with Gasteiger partial charge in [-0.15, -0.1) is 0 Å². The number of aromatic nitrogens is 1. The Hall–Kier alpha value is -3.19. The van der Waals surface area contributed by atoms with Crippen LogP contribution < -0.4 is 19.5 Å².